The first-order valence-corrected chi connectivity index (χ1v) is 8.90. The lowest BCUT2D eigenvalue weighted by atomic mass is 10.1. The lowest BCUT2D eigenvalue weighted by molar-refractivity contribution is -0.138. The molecule has 0 radical (unpaired) electrons. The highest BCUT2D eigenvalue weighted by Crippen LogP contribution is 2.33. The van der Waals surface area contributed by atoms with E-state index in [1.165, 1.54) is 14.2 Å². The van der Waals surface area contributed by atoms with Crippen LogP contribution in [0.5, 0.6) is 11.5 Å². The van der Waals surface area contributed by atoms with Gasteiger partial charge in [0, 0.05) is 18.7 Å². The molecule has 142 valence electrons. The third kappa shape index (κ3) is 4.22. The van der Waals surface area contributed by atoms with Gasteiger partial charge >= 0.3 is 5.97 Å². The minimum atomic E-state index is -0.776. The van der Waals surface area contributed by atoms with E-state index in [0.717, 1.165) is 31.5 Å². The molecule has 1 amide bonds. The molecule has 1 saturated heterocycles. The molecular formula is C21H23NO5. The highest BCUT2D eigenvalue weighted by molar-refractivity contribution is 5.90. The first-order chi connectivity index (χ1) is 13.1. The number of carbonyl (C=O) groups excluding carboxylic acids is 2. The zero-order valence-corrected chi connectivity index (χ0v) is 15.5. The number of ether oxygens (including phenoxy) is 3. The van der Waals surface area contributed by atoms with E-state index in [1.54, 1.807) is 18.2 Å². The molecule has 0 spiro atoms. The molecule has 1 aliphatic heterocycles. The molecule has 0 N–H and O–H groups in total. The van der Waals surface area contributed by atoms with Gasteiger partial charge in [-0.15, -0.1) is 0 Å². The maximum absolute atomic E-state index is 13.1. The summed E-state index contributed by atoms with van der Waals surface area (Å²) in [6.45, 7) is 1.48. The third-order valence-corrected chi connectivity index (χ3v) is 4.57. The highest BCUT2D eigenvalue weighted by atomic mass is 16.5. The van der Waals surface area contributed by atoms with Crippen molar-refractivity contribution in [3.63, 3.8) is 0 Å². The summed E-state index contributed by atoms with van der Waals surface area (Å²) >= 11 is 0. The zero-order valence-electron chi connectivity index (χ0n) is 15.5. The Hall–Kier alpha value is -3.02. The van der Waals surface area contributed by atoms with E-state index in [9.17, 15) is 9.59 Å². The van der Waals surface area contributed by atoms with E-state index < -0.39 is 12.1 Å². The van der Waals surface area contributed by atoms with Crippen LogP contribution >= 0.6 is 0 Å². The quantitative estimate of drug-likeness (QED) is 0.732. The van der Waals surface area contributed by atoms with Gasteiger partial charge in [-0.1, -0.05) is 30.3 Å². The molecule has 0 unspecified atom stereocenters. The number of esters is 1. The fourth-order valence-corrected chi connectivity index (χ4v) is 3.13. The standard InChI is InChI=1S/C21H23NO5/c1-25-18-14-16(21(24)26-2)10-11-17(18)27-19(15-8-4-3-5-9-15)20(23)22-12-6-7-13-22/h3-5,8-11,14,19H,6-7,12-13H2,1-2H3/t19-/m1/s1. The van der Waals surface area contributed by atoms with Gasteiger partial charge < -0.3 is 19.1 Å². The molecular weight excluding hydrogens is 346 g/mol. The predicted molar refractivity (Wildman–Crippen MR) is 100.0 cm³/mol. The zero-order chi connectivity index (χ0) is 19.2. The number of hydrogen-bond donors (Lipinski definition) is 0. The van der Waals surface area contributed by atoms with E-state index in [1.807, 2.05) is 35.2 Å². The SMILES string of the molecule is COC(=O)c1ccc(O[C@@H](C(=O)N2CCCC2)c2ccccc2)c(OC)c1. The molecule has 2 aromatic rings. The number of hydrogen-bond acceptors (Lipinski definition) is 5. The predicted octanol–water partition coefficient (Wildman–Crippen LogP) is 3.22. The molecule has 3 rings (SSSR count). The van der Waals surface area contributed by atoms with Crippen LogP contribution in [0.25, 0.3) is 0 Å². The lowest BCUT2D eigenvalue weighted by Gasteiger charge is -2.25. The van der Waals surface area contributed by atoms with Crippen LogP contribution in [0.2, 0.25) is 0 Å². The molecule has 1 aliphatic rings. The second-order valence-corrected chi connectivity index (χ2v) is 6.30. The van der Waals surface area contributed by atoms with Gasteiger partial charge in [0.2, 0.25) is 6.10 Å². The van der Waals surface area contributed by atoms with E-state index in [-0.39, 0.29) is 5.91 Å². The van der Waals surface area contributed by atoms with Crippen LogP contribution in [0.3, 0.4) is 0 Å². The normalized spacial score (nSPS) is 14.5. The topological polar surface area (TPSA) is 65.1 Å². The molecule has 0 aliphatic carbocycles. The number of likely N-dealkylation sites (tertiary alicyclic amines) is 1. The number of benzene rings is 2. The van der Waals surface area contributed by atoms with Crippen molar-refractivity contribution in [2.75, 3.05) is 27.3 Å². The summed E-state index contributed by atoms with van der Waals surface area (Å²) in [7, 11) is 2.81. The van der Waals surface area contributed by atoms with Crippen molar-refractivity contribution in [1.82, 2.24) is 4.90 Å². The van der Waals surface area contributed by atoms with Gasteiger partial charge in [0.1, 0.15) is 0 Å². The van der Waals surface area contributed by atoms with E-state index >= 15 is 0 Å². The first-order valence-electron chi connectivity index (χ1n) is 8.90. The first kappa shape index (κ1) is 18.8. The van der Waals surface area contributed by atoms with Crippen LogP contribution in [0, 0.1) is 0 Å². The van der Waals surface area contributed by atoms with Crippen LogP contribution in [0.1, 0.15) is 34.9 Å². The summed E-state index contributed by atoms with van der Waals surface area (Å²) in [5.41, 5.74) is 1.12. The maximum Gasteiger partial charge on any atom is 0.337 e. The molecule has 0 bridgehead atoms. The van der Waals surface area contributed by atoms with Gasteiger partial charge in [0.25, 0.3) is 5.91 Å². The van der Waals surface area contributed by atoms with Gasteiger partial charge in [-0.3, -0.25) is 4.79 Å². The fourth-order valence-electron chi connectivity index (χ4n) is 3.13. The average molecular weight is 369 g/mol. The van der Waals surface area contributed by atoms with Crippen LogP contribution in [0.15, 0.2) is 48.5 Å². The molecule has 2 aromatic carbocycles. The van der Waals surface area contributed by atoms with Crippen molar-refractivity contribution >= 4 is 11.9 Å². The Kier molecular flexibility index (Phi) is 5.96. The van der Waals surface area contributed by atoms with Crippen LogP contribution < -0.4 is 9.47 Å². The Labute approximate surface area is 158 Å². The number of carbonyl (C=O) groups is 2. The van der Waals surface area contributed by atoms with Crippen molar-refractivity contribution in [2.45, 2.75) is 18.9 Å². The van der Waals surface area contributed by atoms with Crippen molar-refractivity contribution in [3.8, 4) is 11.5 Å². The van der Waals surface area contributed by atoms with E-state index in [4.69, 9.17) is 14.2 Å². The second kappa shape index (κ2) is 8.58. The molecule has 1 fully saturated rings. The number of methoxy groups -OCH3 is 2. The van der Waals surface area contributed by atoms with Crippen molar-refractivity contribution < 1.29 is 23.8 Å². The summed E-state index contributed by atoms with van der Waals surface area (Å²) in [6.07, 6.45) is 1.23. The fraction of sp³-hybridized carbons (Fsp3) is 0.333. The van der Waals surface area contributed by atoms with Gasteiger partial charge in [-0.2, -0.15) is 0 Å². The van der Waals surface area contributed by atoms with Gasteiger partial charge in [0.15, 0.2) is 11.5 Å². The van der Waals surface area contributed by atoms with Gasteiger partial charge in [-0.05, 0) is 31.0 Å². The Balaban J connectivity index is 1.92. The molecule has 6 heteroatoms. The van der Waals surface area contributed by atoms with E-state index in [2.05, 4.69) is 0 Å². The van der Waals surface area contributed by atoms with Gasteiger partial charge in [-0.25, -0.2) is 4.79 Å². The largest absolute Gasteiger partial charge is 0.493 e. The second-order valence-electron chi connectivity index (χ2n) is 6.30. The monoisotopic (exact) mass is 369 g/mol. The van der Waals surface area contributed by atoms with Crippen molar-refractivity contribution in [3.05, 3.63) is 59.7 Å². The molecule has 6 nitrogen and oxygen atoms in total. The van der Waals surface area contributed by atoms with Gasteiger partial charge in [0.05, 0.1) is 19.8 Å². The van der Waals surface area contributed by atoms with Crippen molar-refractivity contribution in [2.24, 2.45) is 0 Å². The molecule has 1 atom stereocenters. The third-order valence-electron chi connectivity index (χ3n) is 4.57. The summed E-state index contributed by atoms with van der Waals surface area (Å²) in [4.78, 5) is 26.6. The Morgan fingerprint density at radius 3 is 2.30 bits per heavy atom. The number of nitrogens with zero attached hydrogens (tertiary/aromatic N) is 1. The average Bonchev–Trinajstić information content (AvgIpc) is 3.26. The van der Waals surface area contributed by atoms with Crippen LogP contribution in [-0.2, 0) is 9.53 Å². The Morgan fingerprint density at radius 2 is 1.67 bits per heavy atom. The molecule has 0 aromatic heterocycles. The minimum Gasteiger partial charge on any atom is -0.493 e. The summed E-state index contributed by atoms with van der Waals surface area (Å²) in [6, 6.07) is 14.1. The smallest absolute Gasteiger partial charge is 0.337 e. The van der Waals surface area contributed by atoms with Crippen LogP contribution in [-0.4, -0.2) is 44.1 Å². The van der Waals surface area contributed by atoms with Crippen molar-refractivity contribution in [1.29, 1.82) is 0 Å². The summed E-state index contributed by atoms with van der Waals surface area (Å²) in [5.74, 6) is 0.227. The maximum atomic E-state index is 13.1. The molecule has 27 heavy (non-hydrogen) atoms. The number of amides is 1. The molecule has 1 heterocycles. The lowest BCUT2D eigenvalue weighted by Crippen LogP contribution is -2.35. The Bertz CT molecular complexity index is 799. The summed E-state index contributed by atoms with van der Waals surface area (Å²) < 4.78 is 16.2. The highest BCUT2D eigenvalue weighted by Gasteiger charge is 2.30. The van der Waals surface area contributed by atoms with E-state index in [0.29, 0.717) is 17.1 Å². The summed E-state index contributed by atoms with van der Waals surface area (Å²) in [5, 5.41) is 0. The number of rotatable bonds is 6. The van der Waals surface area contributed by atoms with Crippen LogP contribution in [0.4, 0.5) is 0 Å². The molecule has 0 saturated carbocycles. The Morgan fingerprint density at radius 1 is 0.963 bits per heavy atom. The minimum absolute atomic E-state index is 0.0715.